The van der Waals surface area contributed by atoms with Crippen LogP contribution in [-0.2, 0) is 4.79 Å². The van der Waals surface area contributed by atoms with Gasteiger partial charge in [-0.3, -0.25) is 4.79 Å². The second kappa shape index (κ2) is 4.90. The third-order valence-electron chi connectivity index (χ3n) is 1.91. The number of thioether (sulfide) groups is 1. The Kier molecular flexibility index (Phi) is 4.91. The lowest BCUT2D eigenvalue weighted by molar-refractivity contribution is -0.123. The second-order valence-corrected chi connectivity index (χ2v) is 5.63. The molecule has 12 heavy (non-hydrogen) atoms. The molecular formula is C10H20OS. The molecule has 0 aliphatic carbocycles. The van der Waals surface area contributed by atoms with Gasteiger partial charge in [0.2, 0.25) is 0 Å². The number of hydrogen-bond acceptors (Lipinski definition) is 2. The molecule has 1 atom stereocenters. The Morgan fingerprint density at radius 3 is 2.25 bits per heavy atom. The van der Waals surface area contributed by atoms with Gasteiger partial charge < -0.3 is 0 Å². The zero-order chi connectivity index (χ0) is 9.78. The van der Waals surface area contributed by atoms with Crippen molar-refractivity contribution in [3.05, 3.63) is 0 Å². The van der Waals surface area contributed by atoms with E-state index in [1.165, 1.54) is 0 Å². The molecule has 2 heteroatoms. The van der Waals surface area contributed by atoms with E-state index < -0.39 is 0 Å². The van der Waals surface area contributed by atoms with E-state index >= 15 is 0 Å². The number of carbonyl (C=O) groups is 1. The number of rotatable bonds is 4. The van der Waals surface area contributed by atoms with Crippen LogP contribution < -0.4 is 0 Å². The Hall–Kier alpha value is 0.0200. The third-order valence-corrected chi connectivity index (χ3v) is 3.24. The lowest BCUT2D eigenvalue weighted by atomic mass is 9.92. The second-order valence-electron chi connectivity index (χ2n) is 4.20. The molecule has 0 aromatic carbocycles. The molecule has 0 aromatic heterocycles. The van der Waals surface area contributed by atoms with Gasteiger partial charge in [0, 0.05) is 10.7 Å². The molecular weight excluding hydrogens is 168 g/mol. The van der Waals surface area contributed by atoms with Crippen LogP contribution in [0.25, 0.3) is 0 Å². The molecule has 0 spiro atoms. The van der Waals surface area contributed by atoms with Crippen molar-refractivity contribution in [3.8, 4) is 0 Å². The summed E-state index contributed by atoms with van der Waals surface area (Å²) in [5.74, 6) is 1.02. The van der Waals surface area contributed by atoms with Crippen LogP contribution in [0.3, 0.4) is 0 Å². The Morgan fingerprint density at radius 2 is 1.92 bits per heavy atom. The zero-order valence-corrected chi connectivity index (χ0v) is 9.62. The van der Waals surface area contributed by atoms with E-state index in [0.717, 1.165) is 6.42 Å². The Labute approximate surface area is 80.3 Å². The van der Waals surface area contributed by atoms with Gasteiger partial charge in [-0.25, -0.2) is 0 Å². The smallest absolute Gasteiger partial charge is 0.148 e. The van der Waals surface area contributed by atoms with Gasteiger partial charge in [-0.05, 0) is 6.42 Å². The van der Waals surface area contributed by atoms with Crippen LogP contribution in [0.1, 0.15) is 41.0 Å². The van der Waals surface area contributed by atoms with Crippen LogP contribution in [0.15, 0.2) is 0 Å². The molecule has 72 valence electrons. The quantitative estimate of drug-likeness (QED) is 0.674. The highest BCUT2D eigenvalue weighted by atomic mass is 32.2. The monoisotopic (exact) mass is 188 g/mol. The summed E-state index contributed by atoms with van der Waals surface area (Å²) in [5.41, 5.74) is -0.166. The fourth-order valence-electron chi connectivity index (χ4n) is 0.552. The molecule has 0 bridgehead atoms. The van der Waals surface area contributed by atoms with E-state index in [0.29, 0.717) is 16.8 Å². The van der Waals surface area contributed by atoms with Crippen molar-refractivity contribution in [1.82, 2.24) is 0 Å². The summed E-state index contributed by atoms with van der Waals surface area (Å²) in [5, 5.41) is 0.608. The fraction of sp³-hybridized carbons (Fsp3) is 0.900. The average Bonchev–Trinajstić information content (AvgIpc) is 1.97. The van der Waals surface area contributed by atoms with Crippen LogP contribution in [-0.4, -0.2) is 16.8 Å². The van der Waals surface area contributed by atoms with Crippen molar-refractivity contribution in [1.29, 1.82) is 0 Å². The van der Waals surface area contributed by atoms with E-state index in [4.69, 9.17) is 0 Å². The fourth-order valence-corrected chi connectivity index (χ4v) is 1.66. The van der Waals surface area contributed by atoms with E-state index in [1.807, 2.05) is 20.8 Å². The molecule has 1 nitrogen and oxygen atoms in total. The SMILES string of the molecule is CCC(C)SCC(=O)C(C)(C)C. The standard InChI is InChI=1S/C10H20OS/c1-6-8(2)12-7-9(11)10(3,4)5/h8H,6-7H2,1-5H3. The van der Waals surface area contributed by atoms with Crippen LogP contribution in [0.2, 0.25) is 0 Å². The van der Waals surface area contributed by atoms with Gasteiger partial charge in [0.15, 0.2) is 0 Å². The topological polar surface area (TPSA) is 17.1 Å². The summed E-state index contributed by atoms with van der Waals surface area (Å²) in [6, 6.07) is 0. The first-order valence-electron chi connectivity index (χ1n) is 4.52. The van der Waals surface area contributed by atoms with Crippen molar-refractivity contribution in [2.24, 2.45) is 5.41 Å². The van der Waals surface area contributed by atoms with Gasteiger partial charge in [-0.15, -0.1) is 0 Å². The van der Waals surface area contributed by atoms with E-state index in [9.17, 15) is 4.79 Å². The van der Waals surface area contributed by atoms with Gasteiger partial charge in [-0.1, -0.05) is 34.6 Å². The van der Waals surface area contributed by atoms with E-state index in [1.54, 1.807) is 11.8 Å². The molecule has 0 aliphatic rings. The number of hydrogen-bond donors (Lipinski definition) is 0. The largest absolute Gasteiger partial charge is 0.298 e. The van der Waals surface area contributed by atoms with Crippen LogP contribution >= 0.6 is 11.8 Å². The maximum absolute atomic E-state index is 11.5. The Morgan fingerprint density at radius 1 is 1.42 bits per heavy atom. The number of Topliss-reactive ketones (excluding diaryl/α,β-unsaturated/α-hetero) is 1. The van der Waals surface area contributed by atoms with Crippen molar-refractivity contribution in [3.63, 3.8) is 0 Å². The molecule has 0 saturated carbocycles. The highest BCUT2D eigenvalue weighted by Crippen LogP contribution is 2.21. The predicted octanol–water partition coefficient (Wildman–Crippen LogP) is 3.13. The van der Waals surface area contributed by atoms with Crippen molar-refractivity contribution in [2.75, 3.05) is 5.75 Å². The Bertz CT molecular complexity index is 146. The third kappa shape index (κ3) is 4.81. The first kappa shape index (κ1) is 12.0. The van der Waals surface area contributed by atoms with Gasteiger partial charge in [0.05, 0.1) is 5.75 Å². The maximum atomic E-state index is 11.5. The molecule has 1 unspecified atom stereocenters. The first-order valence-corrected chi connectivity index (χ1v) is 5.57. The summed E-state index contributed by atoms with van der Waals surface area (Å²) < 4.78 is 0. The highest BCUT2D eigenvalue weighted by Gasteiger charge is 2.21. The Balaban J connectivity index is 3.73. The lowest BCUT2D eigenvalue weighted by Gasteiger charge is -2.17. The van der Waals surface area contributed by atoms with Gasteiger partial charge in [0.25, 0.3) is 0 Å². The maximum Gasteiger partial charge on any atom is 0.148 e. The van der Waals surface area contributed by atoms with Gasteiger partial charge in [0.1, 0.15) is 5.78 Å². The molecule has 0 heterocycles. The van der Waals surface area contributed by atoms with Gasteiger partial charge >= 0.3 is 0 Å². The van der Waals surface area contributed by atoms with E-state index in [-0.39, 0.29) is 5.41 Å². The highest BCUT2D eigenvalue weighted by molar-refractivity contribution is 8.00. The predicted molar refractivity (Wildman–Crippen MR) is 56.7 cm³/mol. The lowest BCUT2D eigenvalue weighted by Crippen LogP contribution is -2.22. The summed E-state index contributed by atoms with van der Waals surface area (Å²) in [6.45, 7) is 10.3. The first-order chi connectivity index (χ1) is 5.38. The minimum Gasteiger partial charge on any atom is -0.298 e. The van der Waals surface area contributed by atoms with E-state index in [2.05, 4.69) is 13.8 Å². The molecule has 0 N–H and O–H groups in total. The summed E-state index contributed by atoms with van der Waals surface area (Å²) in [4.78, 5) is 11.5. The molecule has 0 saturated heterocycles. The minimum absolute atomic E-state index is 0.166. The summed E-state index contributed by atoms with van der Waals surface area (Å²) >= 11 is 1.76. The number of ketones is 1. The normalized spacial score (nSPS) is 14.4. The minimum atomic E-state index is -0.166. The zero-order valence-electron chi connectivity index (χ0n) is 8.81. The molecule has 0 aliphatic heterocycles. The molecule has 0 fully saturated rings. The average molecular weight is 188 g/mol. The summed E-state index contributed by atoms with van der Waals surface area (Å²) in [7, 11) is 0. The summed E-state index contributed by atoms with van der Waals surface area (Å²) in [6.07, 6.45) is 1.14. The van der Waals surface area contributed by atoms with Crippen LogP contribution in [0, 0.1) is 5.41 Å². The van der Waals surface area contributed by atoms with Crippen molar-refractivity contribution >= 4 is 17.5 Å². The molecule has 0 amide bonds. The number of carbonyl (C=O) groups excluding carboxylic acids is 1. The van der Waals surface area contributed by atoms with Gasteiger partial charge in [-0.2, -0.15) is 11.8 Å². The van der Waals surface area contributed by atoms with Crippen molar-refractivity contribution < 1.29 is 4.79 Å². The van der Waals surface area contributed by atoms with Crippen LogP contribution in [0.4, 0.5) is 0 Å². The molecule has 0 radical (unpaired) electrons. The molecule has 0 rings (SSSR count). The van der Waals surface area contributed by atoms with Crippen LogP contribution in [0.5, 0.6) is 0 Å². The van der Waals surface area contributed by atoms with Crippen molar-refractivity contribution in [2.45, 2.75) is 46.3 Å². The molecule has 0 aromatic rings.